The van der Waals surface area contributed by atoms with Crippen molar-refractivity contribution in [2.24, 2.45) is 5.92 Å². The maximum absolute atomic E-state index is 14.3. The molecule has 2 aromatic carbocycles. The van der Waals surface area contributed by atoms with Crippen LogP contribution in [-0.4, -0.2) is 58.0 Å². The number of aryl methyl sites for hydroxylation is 1. The summed E-state index contributed by atoms with van der Waals surface area (Å²) in [5, 5.41) is 21.5. The molecule has 2 N–H and O–H groups in total. The van der Waals surface area contributed by atoms with Gasteiger partial charge in [-0.25, -0.2) is 14.2 Å². The number of alkyl halides is 2. The number of carbonyl (C=O) groups is 1. The maximum Gasteiger partial charge on any atom is 0.414 e. The van der Waals surface area contributed by atoms with Gasteiger partial charge in [-0.2, -0.15) is 8.78 Å². The number of aliphatic hydroxyl groups excluding tert-OH is 2. The third kappa shape index (κ3) is 5.02. The number of aromatic nitrogens is 2. The number of anilines is 1. The topological polar surface area (TPSA) is 110 Å². The average Bonchev–Trinajstić information content (AvgIpc) is 3.56. The van der Waals surface area contributed by atoms with E-state index < -0.39 is 30.9 Å². The molecule has 2 fully saturated rings. The van der Waals surface area contributed by atoms with Gasteiger partial charge in [0.1, 0.15) is 29.6 Å². The largest absolute Gasteiger partial charge is 0.452 e. The number of benzene rings is 2. The number of halogens is 3. The van der Waals surface area contributed by atoms with Crippen LogP contribution in [-0.2, 0) is 15.9 Å². The van der Waals surface area contributed by atoms with Gasteiger partial charge in [-0.15, -0.1) is 0 Å². The number of fused-ring (bicyclic) bond motifs is 3. The molecule has 12 heteroatoms. The Balaban J connectivity index is 1.51. The van der Waals surface area contributed by atoms with Crippen LogP contribution in [0.4, 0.5) is 23.7 Å². The van der Waals surface area contributed by atoms with E-state index in [4.69, 9.17) is 14.5 Å². The van der Waals surface area contributed by atoms with E-state index in [1.54, 1.807) is 4.90 Å². The Hall–Kier alpha value is -3.35. The molecule has 2 unspecified atom stereocenters. The molecule has 220 valence electrons. The number of epoxide rings is 1. The monoisotopic (exact) mass is 575 g/mol. The van der Waals surface area contributed by atoms with Crippen LogP contribution in [0.1, 0.15) is 68.1 Å². The van der Waals surface area contributed by atoms with Gasteiger partial charge in [0.15, 0.2) is 6.29 Å². The molecule has 1 amide bonds. The predicted molar refractivity (Wildman–Crippen MR) is 141 cm³/mol. The van der Waals surface area contributed by atoms with Crippen LogP contribution in [0.25, 0.3) is 11.0 Å². The third-order valence-corrected chi connectivity index (χ3v) is 8.60. The number of ether oxygens (including phenoxy) is 3. The lowest BCUT2D eigenvalue weighted by atomic mass is 9.83. The van der Waals surface area contributed by atoms with Crippen LogP contribution in [0, 0.1) is 11.7 Å². The molecular formula is C29H32F3N3O6. The normalized spacial score (nSPS) is 26.6. The smallest absolute Gasteiger partial charge is 0.414 e. The molecule has 0 radical (unpaired) electrons. The van der Waals surface area contributed by atoms with Crippen LogP contribution < -0.4 is 9.64 Å². The number of hydrogen-bond donors (Lipinski definition) is 2. The summed E-state index contributed by atoms with van der Waals surface area (Å²) in [6, 6.07) is 6.42. The van der Waals surface area contributed by atoms with Gasteiger partial charge in [-0.3, -0.25) is 4.90 Å². The summed E-state index contributed by atoms with van der Waals surface area (Å²) in [5.74, 6) is -0.826. The Morgan fingerprint density at radius 2 is 1.98 bits per heavy atom. The van der Waals surface area contributed by atoms with Gasteiger partial charge in [-0.05, 0) is 75.3 Å². The minimum atomic E-state index is -3.17. The van der Waals surface area contributed by atoms with E-state index in [1.165, 1.54) is 7.11 Å². The molecule has 1 saturated heterocycles. The molecular weight excluding hydrogens is 543 g/mol. The zero-order chi connectivity index (χ0) is 29.0. The van der Waals surface area contributed by atoms with E-state index in [9.17, 15) is 28.2 Å². The second-order valence-electron chi connectivity index (χ2n) is 11.0. The first-order valence-electron chi connectivity index (χ1n) is 13.8. The van der Waals surface area contributed by atoms with Crippen LogP contribution in [0.5, 0.6) is 5.75 Å². The van der Waals surface area contributed by atoms with Crippen molar-refractivity contribution in [3.05, 3.63) is 53.1 Å². The summed E-state index contributed by atoms with van der Waals surface area (Å²) in [6.07, 6.45) is 1.24. The molecule has 0 bridgehead atoms. The van der Waals surface area contributed by atoms with Gasteiger partial charge < -0.3 is 29.0 Å². The van der Waals surface area contributed by atoms with Gasteiger partial charge in [0.25, 0.3) is 0 Å². The highest BCUT2D eigenvalue weighted by Crippen LogP contribution is 2.45. The second kappa shape index (κ2) is 10.8. The predicted octanol–water partition coefficient (Wildman–Crippen LogP) is 5.21. The minimum absolute atomic E-state index is 0.0892. The molecule has 3 aliphatic rings. The quantitative estimate of drug-likeness (QED) is 0.388. The summed E-state index contributed by atoms with van der Waals surface area (Å²) in [7, 11) is 1.32. The number of amides is 1. The molecule has 3 heterocycles. The first-order valence-corrected chi connectivity index (χ1v) is 13.8. The summed E-state index contributed by atoms with van der Waals surface area (Å²) >= 11 is 0. The zero-order valence-corrected chi connectivity index (χ0v) is 22.7. The van der Waals surface area contributed by atoms with E-state index in [1.807, 2.05) is 23.6 Å². The van der Waals surface area contributed by atoms with Crippen molar-refractivity contribution < 1.29 is 42.4 Å². The fourth-order valence-corrected chi connectivity index (χ4v) is 6.64. The van der Waals surface area contributed by atoms with Crippen LogP contribution in [0.2, 0.25) is 0 Å². The number of hydrogen-bond acceptors (Lipinski definition) is 7. The lowest BCUT2D eigenvalue weighted by Gasteiger charge is -2.34. The van der Waals surface area contributed by atoms with Gasteiger partial charge in [0.05, 0.1) is 23.8 Å². The Kier molecular flexibility index (Phi) is 7.33. The third-order valence-electron chi connectivity index (χ3n) is 8.60. The molecule has 9 nitrogen and oxygen atoms in total. The molecule has 41 heavy (non-hydrogen) atoms. The Morgan fingerprint density at radius 1 is 1.20 bits per heavy atom. The molecule has 1 saturated carbocycles. The Labute approximate surface area is 234 Å². The summed E-state index contributed by atoms with van der Waals surface area (Å²) in [4.78, 5) is 19.1. The first-order chi connectivity index (χ1) is 19.7. The van der Waals surface area contributed by atoms with E-state index in [-0.39, 0.29) is 41.2 Å². The number of methoxy groups -OCH3 is 1. The maximum atomic E-state index is 14.3. The standard InChI is InChI=1S/C29H32F3N3O6/c1-14-6-8-18-20(34(14)29(38)39-2)9-10-21-23(18)33-26(24(36)19-13-16(30)7-11-22(19)40-28(31)32)35(21)17-5-3-4-15(12-17)25-27(37)41-25/h7,9-11,13-15,17,24-25,27-28,36-37H,3-6,8,12H2,1-2H3/t14-,15-,17?,24-,25+,27?/m0/s1. The number of nitrogens with zero attached hydrogens (tertiary/aromatic N) is 3. The molecule has 1 aliphatic carbocycles. The zero-order valence-electron chi connectivity index (χ0n) is 22.7. The summed E-state index contributed by atoms with van der Waals surface area (Å²) in [6.45, 7) is -1.24. The van der Waals surface area contributed by atoms with Crippen molar-refractivity contribution in [1.82, 2.24) is 9.55 Å². The van der Waals surface area contributed by atoms with Crippen molar-refractivity contribution in [2.45, 2.75) is 82.6 Å². The second-order valence-corrected chi connectivity index (χ2v) is 11.0. The highest BCUT2D eigenvalue weighted by atomic mass is 19.3. The molecule has 6 rings (SSSR count). The van der Waals surface area contributed by atoms with Crippen molar-refractivity contribution >= 4 is 22.8 Å². The number of rotatable bonds is 6. The first kappa shape index (κ1) is 27.8. The lowest BCUT2D eigenvalue weighted by molar-refractivity contribution is -0.0514. The summed E-state index contributed by atoms with van der Waals surface area (Å²) < 4.78 is 57.7. The van der Waals surface area contributed by atoms with Crippen LogP contribution >= 0.6 is 0 Å². The Bertz CT molecular complexity index is 1470. The number of carbonyl (C=O) groups excluding carboxylic acids is 1. The van der Waals surface area contributed by atoms with Crippen molar-refractivity contribution in [1.29, 1.82) is 0 Å². The number of imidazole rings is 1. The molecule has 0 spiro atoms. The van der Waals surface area contributed by atoms with Gasteiger partial charge in [0.2, 0.25) is 0 Å². The molecule has 3 aromatic rings. The highest BCUT2D eigenvalue weighted by Gasteiger charge is 2.46. The van der Waals surface area contributed by atoms with E-state index in [2.05, 4.69) is 4.74 Å². The molecule has 6 atom stereocenters. The van der Waals surface area contributed by atoms with Gasteiger partial charge >= 0.3 is 12.7 Å². The fourth-order valence-electron chi connectivity index (χ4n) is 6.64. The van der Waals surface area contributed by atoms with E-state index in [0.29, 0.717) is 36.0 Å². The highest BCUT2D eigenvalue weighted by molar-refractivity contribution is 5.95. The average molecular weight is 576 g/mol. The minimum Gasteiger partial charge on any atom is -0.452 e. The summed E-state index contributed by atoms with van der Waals surface area (Å²) in [5.41, 5.74) is 2.55. The fraction of sp³-hybridized carbons (Fsp3) is 0.517. The van der Waals surface area contributed by atoms with Crippen LogP contribution in [0.15, 0.2) is 30.3 Å². The Morgan fingerprint density at radius 3 is 2.68 bits per heavy atom. The van der Waals surface area contributed by atoms with Gasteiger partial charge in [-0.1, -0.05) is 6.42 Å². The van der Waals surface area contributed by atoms with Crippen molar-refractivity contribution in [3.8, 4) is 5.75 Å². The molecule has 2 aliphatic heterocycles. The van der Waals surface area contributed by atoms with Crippen molar-refractivity contribution in [3.63, 3.8) is 0 Å². The van der Waals surface area contributed by atoms with Crippen molar-refractivity contribution in [2.75, 3.05) is 12.0 Å². The molecule has 1 aromatic heterocycles. The number of aliphatic hydroxyl groups is 2. The van der Waals surface area contributed by atoms with E-state index in [0.717, 1.165) is 43.0 Å². The van der Waals surface area contributed by atoms with Gasteiger partial charge in [0, 0.05) is 23.2 Å². The van der Waals surface area contributed by atoms with Crippen LogP contribution in [0.3, 0.4) is 0 Å². The lowest BCUT2D eigenvalue weighted by Crippen LogP contribution is -2.42. The SMILES string of the molecule is COC(=O)N1c2ccc3c(nc([C@@H](O)c4cc(F)ccc4OC(F)F)n3C3CCC[C@H]([C@H]4OC4O)C3)c2CC[C@@H]1C. The van der Waals surface area contributed by atoms with E-state index >= 15 is 0 Å².